The zero-order valence-corrected chi connectivity index (χ0v) is 12.9. The lowest BCUT2D eigenvalue weighted by Gasteiger charge is -2.28. The molecule has 0 bridgehead atoms. The minimum Gasteiger partial charge on any atom is -0.349 e. The SMILES string of the molecule is C[C@@H](NC(=O)C1CCC(F)(F)CC1)c1ccc(Br)cc1. The molecule has 1 saturated carbocycles. The highest BCUT2D eigenvalue weighted by molar-refractivity contribution is 9.10. The van der Waals surface area contributed by atoms with E-state index in [1.54, 1.807) is 0 Å². The van der Waals surface area contributed by atoms with Gasteiger partial charge >= 0.3 is 0 Å². The number of carbonyl (C=O) groups excluding carboxylic acids is 1. The largest absolute Gasteiger partial charge is 0.349 e. The number of nitrogens with one attached hydrogen (secondary N) is 1. The van der Waals surface area contributed by atoms with Gasteiger partial charge in [0.05, 0.1) is 6.04 Å². The summed E-state index contributed by atoms with van der Waals surface area (Å²) in [5, 5.41) is 2.91. The summed E-state index contributed by atoms with van der Waals surface area (Å²) < 4.78 is 27.1. The van der Waals surface area contributed by atoms with E-state index in [4.69, 9.17) is 0 Å². The molecule has 0 spiro atoms. The Morgan fingerprint density at radius 2 is 1.85 bits per heavy atom. The van der Waals surface area contributed by atoms with Crippen LogP contribution in [0.3, 0.4) is 0 Å². The molecule has 2 nitrogen and oxygen atoms in total. The first kappa shape index (κ1) is 15.4. The molecule has 0 saturated heterocycles. The third-order valence-corrected chi connectivity index (χ3v) is 4.35. The maximum Gasteiger partial charge on any atom is 0.248 e. The number of hydrogen-bond acceptors (Lipinski definition) is 1. The average Bonchev–Trinajstić information content (AvgIpc) is 2.39. The van der Waals surface area contributed by atoms with Gasteiger partial charge in [0.2, 0.25) is 11.8 Å². The molecule has 1 N–H and O–H groups in total. The third kappa shape index (κ3) is 4.01. The van der Waals surface area contributed by atoms with Crippen molar-refractivity contribution in [1.29, 1.82) is 0 Å². The van der Waals surface area contributed by atoms with E-state index >= 15 is 0 Å². The van der Waals surface area contributed by atoms with Gasteiger partial charge in [0.1, 0.15) is 0 Å². The minimum atomic E-state index is -2.59. The fraction of sp³-hybridized carbons (Fsp3) is 0.533. The molecule has 5 heteroatoms. The van der Waals surface area contributed by atoms with Gasteiger partial charge in [0.25, 0.3) is 0 Å². The van der Waals surface area contributed by atoms with E-state index in [9.17, 15) is 13.6 Å². The lowest BCUT2D eigenvalue weighted by Crippen LogP contribution is -2.37. The molecule has 1 fully saturated rings. The summed E-state index contributed by atoms with van der Waals surface area (Å²) in [7, 11) is 0. The highest BCUT2D eigenvalue weighted by Crippen LogP contribution is 2.36. The molecule has 1 aromatic rings. The molecule has 0 aromatic heterocycles. The van der Waals surface area contributed by atoms with Crippen LogP contribution in [0.25, 0.3) is 0 Å². The first-order chi connectivity index (χ1) is 9.37. The fourth-order valence-corrected chi connectivity index (χ4v) is 2.73. The van der Waals surface area contributed by atoms with Gasteiger partial charge in [-0.3, -0.25) is 4.79 Å². The third-order valence-electron chi connectivity index (χ3n) is 3.82. The number of rotatable bonds is 3. The number of amides is 1. The molecular formula is C15H18BrF2NO. The number of carbonyl (C=O) groups is 1. The predicted octanol–water partition coefficient (Wildman–Crippen LogP) is 4.45. The molecule has 1 aliphatic rings. The second-order valence-corrected chi connectivity index (χ2v) is 6.33. The van der Waals surface area contributed by atoms with E-state index in [0.29, 0.717) is 0 Å². The summed E-state index contributed by atoms with van der Waals surface area (Å²) in [6.45, 7) is 1.90. The summed E-state index contributed by atoms with van der Waals surface area (Å²) in [5.41, 5.74) is 1.00. The normalized spacial score (nSPS) is 20.4. The summed E-state index contributed by atoms with van der Waals surface area (Å²) in [6, 6.07) is 7.59. The van der Waals surface area contributed by atoms with Gasteiger partial charge in [-0.25, -0.2) is 8.78 Å². The van der Waals surface area contributed by atoms with Gasteiger partial charge in [-0.1, -0.05) is 28.1 Å². The summed E-state index contributed by atoms with van der Waals surface area (Å²) in [4.78, 5) is 12.1. The van der Waals surface area contributed by atoms with Crippen molar-refractivity contribution < 1.29 is 13.6 Å². The monoisotopic (exact) mass is 345 g/mol. The molecule has 0 heterocycles. The standard InChI is InChI=1S/C15H18BrF2NO/c1-10(11-2-4-13(16)5-3-11)19-14(20)12-6-8-15(17,18)9-7-12/h2-5,10,12H,6-9H2,1H3,(H,19,20)/t10-/m1/s1. The molecule has 20 heavy (non-hydrogen) atoms. The number of alkyl halides is 2. The molecule has 0 unspecified atom stereocenters. The van der Waals surface area contributed by atoms with Crippen molar-refractivity contribution in [3.8, 4) is 0 Å². The predicted molar refractivity (Wildman–Crippen MR) is 77.6 cm³/mol. The summed E-state index contributed by atoms with van der Waals surface area (Å²) in [6.07, 6.45) is 0.174. The van der Waals surface area contributed by atoms with Gasteiger partial charge in [0, 0.05) is 23.2 Å². The molecule has 1 aliphatic carbocycles. The smallest absolute Gasteiger partial charge is 0.248 e. The van der Waals surface area contributed by atoms with Crippen LogP contribution in [0.1, 0.15) is 44.2 Å². The van der Waals surface area contributed by atoms with E-state index in [-0.39, 0.29) is 43.6 Å². The molecule has 0 radical (unpaired) electrons. The number of benzene rings is 1. The quantitative estimate of drug-likeness (QED) is 0.861. The Hall–Kier alpha value is -0.970. The van der Waals surface area contributed by atoms with Crippen LogP contribution in [-0.2, 0) is 4.79 Å². The maximum absolute atomic E-state index is 13.1. The molecule has 2 rings (SSSR count). The Morgan fingerprint density at radius 3 is 2.40 bits per heavy atom. The van der Waals surface area contributed by atoms with Crippen molar-refractivity contribution in [2.75, 3.05) is 0 Å². The Balaban J connectivity index is 1.90. The van der Waals surface area contributed by atoms with Crippen LogP contribution in [-0.4, -0.2) is 11.8 Å². The first-order valence-corrected chi connectivity index (χ1v) is 7.60. The van der Waals surface area contributed by atoms with E-state index in [0.717, 1.165) is 10.0 Å². The van der Waals surface area contributed by atoms with Crippen LogP contribution >= 0.6 is 15.9 Å². The second-order valence-electron chi connectivity index (χ2n) is 5.41. The van der Waals surface area contributed by atoms with Crippen LogP contribution in [0.15, 0.2) is 28.7 Å². The average molecular weight is 346 g/mol. The first-order valence-electron chi connectivity index (χ1n) is 6.81. The Morgan fingerprint density at radius 1 is 1.30 bits per heavy atom. The summed E-state index contributed by atoms with van der Waals surface area (Å²) in [5.74, 6) is -2.99. The van der Waals surface area contributed by atoms with Crippen molar-refractivity contribution in [2.24, 2.45) is 5.92 Å². The van der Waals surface area contributed by atoms with E-state index in [1.807, 2.05) is 31.2 Å². The van der Waals surface area contributed by atoms with Crippen molar-refractivity contribution in [3.63, 3.8) is 0 Å². The van der Waals surface area contributed by atoms with Crippen LogP contribution < -0.4 is 5.32 Å². The fourth-order valence-electron chi connectivity index (χ4n) is 2.47. The zero-order valence-electron chi connectivity index (χ0n) is 11.3. The topological polar surface area (TPSA) is 29.1 Å². The van der Waals surface area contributed by atoms with Gasteiger partial charge in [-0.05, 0) is 37.5 Å². The summed E-state index contributed by atoms with van der Waals surface area (Å²) >= 11 is 3.36. The van der Waals surface area contributed by atoms with Crippen molar-refractivity contribution in [1.82, 2.24) is 5.32 Å². The maximum atomic E-state index is 13.1. The van der Waals surface area contributed by atoms with Gasteiger partial charge in [0.15, 0.2) is 0 Å². The van der Waals surface area contributed by atoms with Crippen LogP contribution in [0.4, 0.5) is 8.78 Å². The van der Waals surface area contributed by atoms with Crippen molar-refractivity contribution in [3.05, 3.63) is 34.3 Å². The highest BCUT2D eigenvalue weighted by Gasteiger charge is 2.37. The molecule has 1 amide bonds. The number of halogens is 3. The van der Waals surface area contributed by atoms with Gasteiger partial charge in [-0.2, -0.15) is 0 Å². The second kappa shape index (κ2) is 6.20. The lowest BCUT2D eigenvalue weighted by molar-refractivity contribution is -0.129. The Bertz CT molecular complexity index is 465. The molecular weight excluding hydrogens is 328 g/mol. The number of hydrogen-bond donors (Lipinski definition) is 1. The van der Waals surface area contributed by atoms with Crippen LogP contribution in [0, 0.1) is 5.92 Å². The van der Waals surface area contributed by atoms with Gasteiger partial charge < -0.3 is 5.32 Å². The van der Waals surface area contributed by atoms with Crippen LogP contribution in [0.2, 0.25) is 0 Å². The van der Waals surface area contributed by atoms with E-state index in [2.05, 4.69) is 21.2 Å². The molecule has 1 aromatic carbocycles. The van der Waals surface area contributed by atoms with E-state index < -0.39 is 5.92 Å². The Labute approximate surface area is 126 Å². The van der Waals surface area contributed by atoms with Gasteiger partial charge in [-0.15, -0.1) is 0 Å². The highest BCUT2D eigenvalue weighted by atomic mass is 79.9. The minimum absolute atomic E-state index is 0.113. The zero-order chi connectivity index (χ0) is 14.8. The van der Waals surface area contributed by atoms with Crippen molar-refractivity contribution in [2.45, 2.75) is 44.6 Å². The lowest BCUT2D eigenvalue weighted by atomic mass is 9.86. The van der Waals surface area contributed by atoms with Crippen LogP contribution in [0.5, 0.6) is 0 Å². The molecule has 110 valence electrons. The Kier molecular flexibility index (Phi) is 4.78. The molecule has 0 aliphatic heterocycles. The van der Waals surface area contributed by atoms with E-state index in [1.165, 1.54) is 0 Å². The molecule has 1 atom stereocenters. The van der Waals surface area contributed by atoms with Crippen molar-refractivity contribution >= 4 is 21.8 Å².